The summed E-state index contributed by atoms with van der Waals surface area (Å²) in [7, 11) is 1.59. The number of benzene rings is 1. The highest BCUT2D eigenvalue weighted by molar-refractivity contribution is 6.01. The van der Waals surface area contributed by atoms with Crippen LogP contribution in [-0.2, 0) is 13.2 Å². The highest BCUT2D eigenvalue weighted by Crippen LogP contribution is 2.26. The van der Waals surface area contributed by atoms with Crippen LogP contribution in [0.2, 0.25) is 0 Å². The lowest BCUT2D eigenvalue weighted by molar-refractivity contribution is 0.0991. The second-order valence-electron chi connectivity index (χ2n) is 5.95. The molecule has 0 saturated heterocycles. The van der Waals surface area contributed by atoms with Gasteiger partial charge in [-0.3, -0.25) is 4.79 Å². The van der Waals surface area contributed by atoms with Crippen LogP contribution in [0.15, 0.2) is 53.1 Å². The number of ether oxygens (including phenoxy) is 2. The first-order chi connectivity index (χ1) is 13.2. The van der Waals surface area contributed by atoms with E-state index in [0.29, 0.717) is 23.1 Å². The number of methoxy groups -OCH3 is 1. The molecule has 0 fully saturated rings. The summed E-state index contributed by atoms with van der Waals surface area (Å²) in [5.74, 6) is 2.35. The number of carbonyl (C=O) groups is 1. The molecular formula is C20H23N3O4. The van der Waals surface area contributed by atoms with Crippen molar-refractivity contribution in [3.05, 3.63) is 60.2 Å². The maximum Gasteiger partial charge on any atom is 0.292 e. The van der Waals surface area contributed by atoms with Crippen LogP contribution in [0.25, 0.3) is 0 Å². The average molecular weight is 369 g/mol. The Morgan fingerprint density at radius 2 is 2.00 bits per heavy atom. The molecule has 3 aromatic rings. The highest BCUT2D eigenvalue weighted by Gasteiger charge is 2.14. The zero-order valence-corrected chi connectivity index (χ0v) is 15.5. The summed E-state index contributed by atoms with van der Waals surface area (Å²) in [6.07, 6.45) is 3.72. The lowest BCUT2D eigenvalue weighted by Gasteiger charge is -2.09. The van der Waals surface area contributed by atoms with E-state index < -0.39 is 0 Å². The Hall–Kier alpha value is -3.22. The molecule has 0 unspecified atom stereocenters. The number of hydrogen-bond acceptors (Lipinski definition) is 5. The zero-order valence-electron chi connectivity index (χ0n) is 15.5. The van der Waals surface area contributed by atoms with Crippen molar-refractivity contribution in [2.45, 2.75) is 32.9 Å². The third kappa shape index (κ3) is 4.69. The molecule has 142 valence electrons. The average Bonchev–Trinajstić information content (AvgIpc) is 3.34. The molecule has 0 radical (unpaired) electrons. The van der Waals surface area contributed by atoms with Gasteiger partial charge in [-0.2, -0.15) is 5.10 Å². The van der Waals surface area contributed by atoms with Crippen molar-refractivity contribution in [2.24, 2.45) is 0 Å². The molecule has 1 aromatic carbocycles. The Morgan fingerprint density at radius 3 is 2.78 bits per heavy atom. The van der Waals surface area contributed by atoms with E-state index in [1.165, 1.54) is 0 Å². The number of nitrogens with one attached hydrogen (secondary N) is 1. The molecule has 7 nitrogen and oxygen atoms in total. The van der Waals surface area contributed by atoms with Crippen molar-refractivity contribution >= 4 is 11.7 Å². The van der Waals surface area contributed by atoms with Crippen LogP contribution in [0.3, 0.4) is 0 Å². The fourth-order valence-electron chi connectivity index (χ4n) is 2.57. The Morgan fingerprint density at radius 1 is 1.19 bits per heavy atom. The third-order valence-electron chi connectivity index (χ3n) is 4.01. The van der Waals surface area contributed by atoms with E-state index in [1.807, 2.05) is 24.3 Å². The number of hydrogen-bond donors (Lipinski definition) is 1. The van der Waals surface area contributed by atoms with Gasteiger partial charge in [0, 0.05) is 12.6 Å². The number of para-hydroxylation sites is 2. The van der Waals surface area contributed by atoms with E-state index in [0.717, 1.165) is 19.4 Å². The molecule has 0 aliphatic carbocycles. The first-order valence-electron chi connectivity index (χ1n) is 8.89. The van der Waals surface area contributed by atoms with Gasteiger partial charge in [-0.25, -0.2) is 4.68 Å². The lowest BCUT2D eigenvalue weighted by Crippen LogP contribution is -2.15. The Kier molecular flexibility index (Phi) is 6.14. The largest absolute Gasteiger partial charge is 0.493 e. The van der Waals surface area contributed by atoms with E-state index in [2.05, 4.69) is 17.3 Å². The van der Waals surface area contributed by atoms with Crippen LogP contribution in [0.1, 0.15) is 36.1 Å². The molecule has 7 heteroatoms. The second kappa shape index (κ2) is 8.93. The first kappa shape index (κ1) is 18.6. The minimum atomic E-state index is -0.322. The Bertz CT molecular complexity index is 885. The number of aromatic nitrogens is 2. The van der Waals surface area contributed by atoms with Crippen LogP contribution >= 0.6 is 0 Å². The van der Waals surface area contributed by atoms with Crippen molar-refractivity contribution < 1.29 is 18.7 Å². The van der Waals surface area contributed by atoms with Gasteiger partial charge in [0.15, 0.2) is 17.3 Å². The standard InChI is InChI=1S/C20H23N3O4/c1-3-4-13-23-19(11-12-21-23)22-20(24)18-10-9-15(27-18)14-26-17-8-6-5-7-16(17)25-2/h5-12H,3-4,13-14H2,1-2H3,(H,22,24). The summed E-state index contributed by atoms with van der Waals surface area (Å²) >= 11 is 0. The predicted octanol–water partition coefficient (Wildman–Crippen LogP) is 4.12. The van der Waals surface area contributed by atoms with Crippen molar-refractivity contribution in [1.29, 1.82) is 0 Å². The Balaban J connectivity index is 1.60. The second-order valence-corrected chi connectivity index (χ2v) is 5.95. The maximum absolute atomic E-state index is 12.4. The van der Waals surface area contributed by atoms with Gasteiger partial charge in [0.1, 0.15) is 18.2 Å². The van der Waals surface area contributed by atoms with E-state index in [-0.39, 0.29) is 18.3 Å². The molecule has 0 aliphatic rings. The summed E-state index contributed by atoms with van der Waals surface area (Å²) < 4.78 is 18.3. The van der Waals surface area contributed by atoms with E-state index in [4.69, 9.17) is 13.9 Å². The summed E-state index contributed by atoms with van der Waals surface area (Å²) in [4.78, 5) is 12.4. The van der Waals surface area contributed by atoms with Gasteiger partial charge in [0.05, 0.1) is 13.3 Å². The minimum absolute atomic E-state index is 0.197. The number of amides is 1. The molecule has 1 amide bonds. The number of rotatable bonds is 9. The third-order valence-corrected chi connectivity index (χ3v) is 4.01. The molecule has 0 saturated carbocycles. The topological polar surface area (TPSA) is 78.5 Å². The summed E-state index contributed by atoms with van der Waals surface area (Å²) in [5, 5.41) is 7.05. The highest BCUT2D eigenvalue weighted by atomic mass is 16.5. The summed E-state index contributed by atoms with van der Waals surface area (Å²) in [5.41, 5.74) is 0. The number of carbonyl (C=O) groups excluding carboxylic acids is 1. The van der Waals surface area contributed by atoms with Crippen molar-refractivity contribution in [3.8, 4) is 11.5 Å². The van der Waals surface area contributed by atoms with Crippen molar-refractivity contribution in [3.63, 3.8) is 0 Å². The van der Waals surface area contributed by atoms with Crippen LogP contribution in [-0.4, -0.2) is 22.8 Å². The first-order valence-corrected chi connectivity index (χ1v) is 8.89. The van der Waals surface area contributed by atoms with Gasteiger partial charge in [-0.1, -0.05) is 25.5 Å². The molecular weight excluding hydrogens is 346 g/mol. The molecule has 0 aliphatic heterocycles. The Labute approximate surface area is 157 Å². The van der Waals surface area contributed by atoms with Crippen LogP contribution < -0.4 is 14.8 Å². The number of furan rings is 1. The molecule has 2 aromatic heterocycles. The van der Waals surface area contributed by atoms with Gasteiger partial charge in [0.2, 0.25) is 0 Å². The van der Waals surface area contributed by atoms with Crippen LogP contribution in [0, 0.1) is 0 Å². The monoisotopic (exact) mass is 369 g/mol. The zero-order chi connectivity index (χ0) is 19.1. The normalized spacial score (nSPS) is 10.6. The quantitative estimate of drug-likeness (QED) is 0.614. The number of unbranched alkanes of at least 4 members (excludes halogenated alkanes) is 1. The number of aryl methyl sites for hydroxylation is 1. The van der Waals surface area contributed by atoms with Crippen molar-refractivity contribution in [1.82, 2.24) is 9.78 Å². The fourth-order valence-corrected chi connectivity index (χ4v) is 2.57. The minimum Gasteiger partial charge on any atom is -0.493 e. The summed E-state index contributed by atoms with van der Waals surface area (Å²) in [6.45, 7) is 3.07. The van der Waals surface area contributed by atoms with E-state index in [9.17, 15) is 4.79 Å². The van der Waals surface area contributed by atoms with E-state index >= 15 is 0 Å². The maximum atomic E-state index is 12.4. The molecule has 1 N–H and O–H groups in total. The van der Waals surface area contributed by atoms with Crippen LogP contribution in [0.5, 0.6) is 11.5 Å². The fraction of sp³-hybridized carbons (Fsp3) is 0.300. The van der Waals surface area contributed by atoms with Gasteiger partial charge in [0.25, 0.3) is 5.91 Å². The van der Waals surface area contributed by atoms with E-state index in [1.54, 1.807) is 36.2 Å². The smallest absolute Gasteiger partial charge is 0.292 e. The summed E-state index contributed by atoms with van der Waals surface area (Å²) in [6, 6.07) is 12.5. The molecule has 3 rings (SSSR count). The van der Waals surface area contributed by atoms with Gasteiger partial charge in [-0.15, -0.1) is 0 Å². The molecule has 2 heterocycles. The predicted molar refractivity (Wildman–Crippen MR) is 101 cm³/mol. The van der Waals surface area contributed by atoms with Gasteiger partial charge in [-0.05, 0) is 30.7 Å². The number of nitrogens with zero attached hydrogens (tertiary/aromatic N) is 2. The molecule has 0 bridgehead atoms. The van der Waals surface area contributed by atoms with Gasteiger partial charge < -0.3 is 19.2 Å². The molecule has 0 spiro atoms. The molecule has 0 atom stereocenters. The number of anilines is 1. The van der Waals surface area contributed by atoms with Crippen LogP contribution in [0.4, 0.5) is 5.82 Å². The lowest BCUT2D eigenvalue weighted by atomic mass is 10.3. The SMILES string of the molecule is CCCCn1nccc1NC(=O)c1ccc(COc2ccccc2OC)o1. The van der Waals surface area contributed by atoms with Gasteiger partial charge >= 0.3 is 0 Å². The van der Waals surface area contributed by atoms with Crippen molar-refractivity contribution in [2.75, 3.05) is 12.4 Å². The molecule has 27 heavy (non-hydrogen) atoms.